The summed E-state index contributed by atoms with van der Waals surface area (Å²) in [7, 11) is 0. The molecule has 2 N–H and O–H groups in total. The fourth-order valence-corrected chi connectivity index (χ4v) is 2.02. The normalized spacial score (nSPS) is 11.9. The van der Waals surface area contributed by atoms with Gasteiger partial charge < -0.3 is 10.4 Å². The van der Waals surface area contributed by atoms with Gasteiger partial charge in [-0.25, -0.2) is 0 Å². The van der Waals surface area contributed by atoms with Crippen molar-refractivity contribution in [1.82, 2.24) is 5.32 Å². The van der Waals surface area contributed by atoms with Gasteiger partial charge in [-0.3, -0.25) is 9.59 Å². The lowest BCUT2D eigenvalue weighted by atomic mass is 9.96. The van der Waals surface area contributed by atoms with Crippen LogP contribution >= 0.6 is 0 Å². The zero-order valence-electron chi connectivity index (χ0n) is 12.2. The highest BCUT2D eigenvalue weighted by Crippen LogP contribution is 2.19. The molecule has 0 fully saturated rings. The molecular formula is C16H23NO3. The number of benzene rings is 1. The number of aryl methyl sites for hydroxylation is 1. The van der Waals surface area contributed by atoms with E-state index in [2.05, 4.69) is 36.5 Å². The molecule has 1 aromatic rings. The highest BCUT2D eigenvalue weighted by Gasteiger charge is 2.11. The summed E-state index contributed by atoms with van der Waals surface area (Å²) in [4.78, 5) is 22.1. The van der Waals surface area contributed by atoms with Crippen LogP contribution in [0.1, 0.15) is 50.2 Å². The van der Waals surface area contributed by atoms with Gasteiger partial charge in [0, 0.05) is 19.4 Å². The van der Waals surface area contributed by atoms with Gasteiger partial charge in [-0.05, 0) is 29.9 Å². The first kappa shape index (κ1) is 16.2. The number of rotatable bonds is 8. The molecule has 0 saturated carbocycles. The van der Waals surface area contributed by atoms with E-state index >= 15 is 0 Å². The summed E-state index contributed by atoms with van der Waals surface area (Å²) in [6, 6.07) is 8.33. The molecule has 0 bridgehead atoms. The second-order valence-electron chi connectivity index (χ2n) is 5.05. The molecule has 1 unspecified atom stereocenters. The Morgan fingerprint density at radius 1 is 1.25 bits per heavy atom. The first-order valence-corrected chi connectivity index (χ1v) is 7.10. The Bertz CT molecular complexity index is 440. The molecule has 0 aromatic heterocycles. The van der Waals surface area contributed by atoms with Gasteiger partial charge in [-0.1, -0.05) is 38.1 Å². The number of carbonyl (C=O) groups is 2. The number of hydrogen-bond acceptors (Lipinski definition) is 2. The molecule has 4 nitrogen and oxygen atoms in total. The van der Waals surface area contributed by atoms with Crippen LogP contribution in [0.15, 0.2) is 24.3 Å². The van der Waals surface area contributed by atoms with E-state index in [-0.39, 0.29) is 18.2 Å². The minimum Gasteiger partial charge on any atom is -0.481 e. The van der Waals surface area contributed by atoms with Gasteiger partial charge in [0.05, 0.1) is 0 Å². The van der Waals surface area contributed by atoms with E-state index in [9.17, 15) is 9.59 Å². The molecule has 1 aromatic carbocycles. The van der Waals surface area contributed by atoms with Crippen molar-refractivity contribution in [2.75, 3.05) is 6.54 Å². The SMILES string of the molecule is CCc1ccc(C(C)CC(=O)NCCCC(=O)O)cc1. The van der Waals surface area contributed by atoms with Gasteiger partial charge in [-0.2, -0.15) is 0 Å². The lowest BCUT2D eigenvalue weighted by Crippen LogP contribution is -2.26. The molecule has 0 heterocycles. The molecule has 1 rings (SSSR count). The minimum absolute atomic E-state index is 0.0255. The van der Waals surface area contributed by atoms with Gasteiger partial charge in [0.15, 0.2) is 0 Å². The van der Waals surface area contributed by atoms with Crippen LogP contribution in [0, 0.1) is 0 Å². The van der Waals surface area contributed by atoms with E-state index in [1.54, 1.807) is 0 Å². The van der Waals surface area contributed by atoms with E-state index in [4.69, 9.17) is 5.11 Å². The molecule has 0 aliphatic rings. The molecule has 4 heteroatoms. The van der Waals surface area contributed by atoms with Crippen LogP contribution < -0.4 is 5.32 Å². The monoisotopic (exact) mass is 277 g/mol. The highest BCUT2D eigenvalue weighted by molar-refractivity contribution is 5.76. The average molecular weight is 277 g/mol. The number of carboxylic acids is 1. The van der Waals surface area contributed by atoms with Crippen molar-refractivity contribution in [3.8, 4) is 0 Å². The van der Waals surface area contributed by atoms with Gasteiger partial charge in [0.2, 0.25) is 5.91 Å². The minimum atomic E-state index is -0.830. The van der Waals surface area contributed by atoms with E-state index in [1.165, 1.54) is 5.56 Å². The van der Waals surface area contributed by atoms with Crippen LogP contribution in [-0.4, -0.2) is 23.5 Å². The smallest absolute Gasteiger partial charge is 0.303 e. The fourth-order valence-electron chi connectivity index (χ4n) is 2.02. The molecular weight excluding hydrogens is 254 g/mol. The van der Waals surface area contributed by atoms with Crippen LogP contribution in [0.4, 0.5) is 0 Å². The largest absolute Gasteiger partial charge is 0.481 e. The maximum Gasteiger partial charge on any atom is 0.303 e. The average Bonchev–Trinajstić information content (AvgIpc) is 2.43. The zero-order valence-corrected chi connectivity index (χ0v) is 12.2. The molecule has 0 aliphatic carbocycles. The molecule has 0 radical (unpaired) electrons. The lowest BCUT2D eigenvalue weighted by molar-refractivity contribution is -0.137. The highest BCUT2D eigenvalue weighted by atomic mass is 16.4. The zero-order chi connectivity index (χ0) is 15.0. The third-order valence-corrected chi connectivity index (χ3v) is 3.34. The van der Waals surface area contributed by atoms with Crippen LogP contribution in [0.3, 0.4) is 0 Å². The van der Waals surface area contributed by atoms with E-state index < -0.39 is 5.97 Å². The fraction of sp³-hybridized carbons (Fsp3) is 0.500. The molecule has 0 aliphatic heterocycles. The first-order valence-electron chi connectivity index (χ1n) is 7.10. The summed E-state index contributed by atoms with van der Waals surface area (Å²) in [5, 5.41) is 11.3. The molecule has 1 atom stereocenters. The Labute approximate surface area is 120 Å². The lowest BCUT2D eigenvalue weighted by Gasteiger charge is -2.12. The number of carbonyl (C=O) groups excluding carboxylic acids is 1. The van der Waals surface area contributed by atoms with Crippen molar-refractivity contribution >= 4 is 11.9 Å². The molecule has 1 amide bonds. The third kappa shape index (κ3) is 5.87. The Morgan fingerprint density at radius 3 is 2.45 bits per heavy atom. The Morgan fingerprint density at radius 2 is 1.90 bits per heavy atom. The van der Waals surface area contributed by atoms with E-state index in [0.29, 0.717) is 19.4 Å². The van der Waals surface area contributed by atoms with E-state index in [0.717, 1.165) is 12.0 Å². The summed E-state index contributed by atoms with van der Waals surface area (Å²) >= 11 is 0. The Balaban J connectivity index is 2.34. The second kappa shape index (κ2) is 8.35. The van der Waals surface area contributed by atoms with Gasteiger partial charge in [0.25, 0.3) is 0 Å². The summed E-state index contributed by atoms with van der Waals surface area (Å²) in [6.45, 7) is 4.56. The molecule has 110 valence electrons. The van der Waals surface area contributed by atoms with Gasteiger partial charge >= 0.3 is 5.97 Å². The van der Waals surface area contributed by atoms with Crippen molar-refractivity contribution in [2.24, 2.45) is 0 Å². The summed E-state index contributed by atoms with van der Waals surface area (Å²) < 4.78 is 0. The Hall–Kier alpha value is -1.84. The molecule has 20 heavy (non-hydrogen) atoms. The van der Waals surface area contributed by atoms with Crippen LogP contribution in [-0.2, 0) is 16.0 Å². The summed E-state index contributed by atoms with van der Waals surface area (Å²) in [6.07, 6.45) is 2.01. The van der Waals surface area contributed by atoms with Crippen LogP contribution in [0.5, 0.6) is 0 Å². The maximum atomic E-state index is 11.7. The number of hydrogen-bond donors (Lipinski definition) is 2. The number of amides is 1. The second-order valence-corrected chi connectivity index (χ2v) is 5.05. The number of nitrogens with one attached hydrogen (secondary N) is 1. The summed E-state index contributed by atoms with van der Waals surface area (Å²) in [5.74, 6) is -0.688. The molecule has 0 saturated heterocycles. The van der Waals surface area contributed by atoms with Crippen molar-refractivity contribution in [3.05, 3.63) is 35.4 Å². The maximum absolute atomic E-state index is 11.7. The van der Waals surface area contributed by atoms with Crippen molar-refractivity contribution < 1.29 is 14.7 Å². The predicted octanol–water partition coefficient (Wildman–Crippen LogP) is 2.72. The summed E-state index contributed by atoms with van der Waals surface area (Å²) in [5.41, 5.74) is 2.45. The van der Waals surface area contributed by atoms with Gasteiger partial charge in [-0.15, -0.1) is 0 Å². The first-order chi connectivity index (χ1) is 9.52. The van der Waals surface area contributed by atoms with Crippen LogP contribution in [0.25, 0.3) is 0 Å². The molecule has 0 spiro atoms. The topological polar surface area (TPSA) is 66.4 Å². The number of aliphatic carboxylic acids is 1. The predicted molar refractivity (Wildman–Crippen MR) is 78.7 cm³/mol. The van der Waals surface area contributed by atoms with Crippen LogP contribution in [0.2, 0.25) is 0 Å². The van der Waals surface area contributed by atoms with Crippen molar-refractivity contribution in [2.45, 2.75) is 45.4 Å². The van der Waals surface area contributed by atoms with Crippen molar-refractivity contribution in [3.63, 3.8) is 0 Å². The quantitative estimate of drug-likeness (QED) is 0.718. The Kier molecular flexibility index (Phi) is 6.77. The van der Waals surface area contributed by atoms with Crippen molar-refractivity contribution in [1.29, 1.82) is 0 Å². The van der Waals surface area contributed by atoms with E-state index in [1.807, 2.05) is 6.92 Å². The third-order valence-electron chi connectivity index (χ3n) is 3.34. The van der Waals surface area contributed by atoms with Gasteiger partial charge in [0.1, 0.15) is 0 Å². The number of carboxylic acid groups (broad SMARTS) is 1. The standard InChI is InChI=1S/C16H23NO3/c1-3-13-6-8-14(9-7-13)12(2)11-15(18)17-10-4-5-16(19)20/h6-9,12H,3-5,10-11H2,1-2H3,(H,17,18)(H,19,20).